The maximum atomic E-state index is 14.1. The maximum Gasteiger partial charge on any atom is 0.488 e. The van der Waals surface area contributed by atoms with Crippen LogP contribution >= 0.6 is 0 Å². The normalized spacial score (nSPS) is 23.1. The number of allylic oxidation sites excluding steroid dienone is 1. The first-order valence-electron chi connectivity index (χ1n) is 15.7. The number of aliphatic hydroxyl groups excluding tert-OH is 1. The molecule has 0 bridgehead atoms. The van der Waals surface area contributed by atoms with Crippen molar-refractivity contribution in [3.63, 3.8) is 0 Å². The van der Waals surface area contributed by atoms with Gasteiger partial charge in [-0.25, -0.2) is 0 Å². The van der Waals surface area contributed by atoms with Gasteiger partial charge in [0.1, 0.15) is 30.5 Å². The topological polar surface area (TPSA) is 150 Å². The number of fused-ring (bicyclic) bond motifs is 3. The summed E-state index contributed by atoms with van der Waals surface area (Å²) in [6.45, 7) is 2.07. The second kappa shape index (κ2) is 13.8. The molecule has 12 heteroatoms. The zero-order chi connectivity index (χ0) is 32.4. The van der Waals surface area contributed by atoms with Gasteiger partial charge in [0.15, 0.2) is 0 Å². The molecule has 238 valence electrons. The molecule has 2 aliphatic heterocycles. The van der Waals surface area contributed by atoms with E-state index in [9.17, 15) is 29.8 Å². The molecule has 1 aliphatic carbocycles. The number of amides is 2. The average Bonchev–Trinajstić information content (AvgIpc) is 3.62. The zero-order valence-corrected chi connectivity index (χ0v) is 25.6. The van der Waals surface area contributed by atoms with E-state index in [1.54, 1.807) is 18.2 Å². The number of carbonyl (C=O) groups excluding carboxylic acids is 2. The van der Waals surface area contributed by atoms with Crippen molar-refractivity contribution < 1.29 is 43.6 Å². The quantitative estimate of drug-likeness (QED) is 0.143. The van der Waals surface area contributed by atoms with E-state index in [0.717, 1.165) is 28.0 Å². The first-order chi connectivity index (χ1) is 22.3. The maximum absolute atomic E-state index is 14.1. The van der Waals surface area contributed by atoms with Crippen molar-refractivity contribution in [2.24, 2.45) is 17.8 Å². The summed E-state index contributed by atoms with van der Waals surface area (Å²) in [5.41, 5.74) is 3.34. The minimum absolute atomic E-state index is 0.164. The number of para-hydroxylation sites is 1. The summed E-state index contributed by atoms with van der Waals surface area (Å²) in [5.74, 6) is -0.723. The lowest BCUT2D eigenvalue weighted by atomic mass is 9.58. The molecule has 3 aromatic rings. The number of benzene rings is 2. The molecular weight excluding hydrogens is 588 g/mol. The molecule has 2 fully saturated rings. The van der Waals surface area contributed by atoms with E-state index in [1.165, 1.54) is 12.1 Å². The van der Waals surface area contributed by atoms with Crippen LogP contribution in [0.5, 0.6) is 5.75 Å². The third-order valence-electron chi connectivity index (χ3n) is 9.26. The zero-order valence-electron chi connectivity index (χ0n) is 25.6. The molecule has 2 amide bonds. The predicted octanol–water partition coefficient (Wildman–Crippen LogP) is 3.11. The number of ether oxygens (including phenoxy) is 1. The lowest BCUT2D eigenvalue weighted by Gasteiger charge is -2.43. The molecule has 3 aliphatic rings. The van der Waals surface area contributed by atoms with Gasteiger partial charge >= 0.3 is 14.2 Å². The summed E-state index contributed by atoms with van der Waals surface area (Å²) in [4.78, 5) is 29.2. The number of rotatable bonds is 11. The van der Waals surface area contributed by atoms with Crippen molar-refractivity contribution in [3.05, 3.63) is 95.0 Å². The molecule has 0 unspecified atom stereocenters. The number of imide groups is 1. The molecule has 2 saturated heterocycles. The van der Waals surface area contributed by atoms with Crippen LogP contribution in [0.2, 0.25) is 6.32 Å². The Balaban J connectivity index is 1.32. The molecule has 46 heavy (non-hydrogen) atoms. The number of aliphatic hydroxyl groups is 1. The molecule has 0 radical (unpaired) electrons. The molecule has 4 atom stereocenters. The van der Waals surface area contributed by atoms with Crippen LogP contribution in [0.4, 0.5) is 5.69 Å². The van der Waals surface area contributed by atoms with Gasteiger partial charge in [-0.05, 0) is 97.0 Å². The van der Waals surface area contributed by atoms with E-state index in [2.05, 4.69) is 0 Å². The summed E-state index contributed by atoms with van der Waals surface area (Å²) < 4.78 is 18.0. The van der Waals surface area contributed by atoms with Gasteiger partial charge < -0.3 is 34.0 Å². The SMILES string of the molecule is CC/C(=C\c1ccc(CO)o1)CC[C@H]1OB(O)C[C@H]2C1=C(COc1ccccc1)C[C@H]1C(=O)N(c3cccc(B(O)O)c3)C(=O)[C@H]12. The van der Waals surface area contributed by atoms with E-state index in [1.807, 2.05) is 49.4 Å². The van der Waals surface area contributed by atoms with Crippen molar-refractivity contribution in [3.8, 4) is 5.75 Å². The number of carbonyl (C=O) groups is 2. The monoisotopic (exact) mass is 625 g/mol. The van der Waals surface area contributed by atoms with Crippen molar-refractivity contribution in [2.75, 3.05) is 11.5 Å². The Morgan fingerprint density at radius 2 is 1.87 bits per heavy atom. The van der Waals surface area contributed by atoms with Crippen LogP contribution in [-0.4, -0.2) is 58.9 Å². The van der Waals surface area contributed by atoms with E-state index >= 15 is 0 Å². The average molecular weight is 625 g/mol. The van der Waals surface area contributed by atoms with Crippen molar-refractivity contribution in [1.82, 2.24) is 0 Å². The van der Waals surface area contributed by atoms with Gasteiger partial charge in [0.25, 0.3) is 0 Å². The van der Waals surface area contributed by atoms with Gasteiger partial charge in [0.2, 0.25) is 11.8 Å². The van der Waals surface area contributed by atoms with E-state index in [0.29, 0.717) is 36.5 Å². The van der Waals surface area contributed by atoms with Crippen LogP contribution < -0.4 is 15.1 Å². The minimum atomic E-state index is -1.75. The van der Waals surface area contributed by atoms with E-state index in [4.69, 9.17) is 13.8 Å². The number of furan rings is 1. The van der Waals surface area contributed by atoms with Crippen LogP contribution in [0, 0.1) is 17.8 Å². The lowest BCUT2D eigenvalue weighted by Crippen LogP contribution is -2.46. The number of hydrogen-bond acceptors (Lipinski definition) is 9. The van der Waals surface area contributed by atoms with Crippen LogP contribution in [0.15, 0.2) is 87.9 Å². The van der Waals surface area contributed by atoms with Gasteiger partial charge in [-0.2, -0.15) is 0 Å². The highest BCUT2D eigenvalue weighted by atomic mass is 16.5. The third kappa shape index (κ3) is 6.49. The molecule has 3 heterocycles. The minimum Gasteiger partial charge on any atom is -0.489 e. The van der Waals surface area contributed by atoms with Gasteiger partial charge in [-0.3, -0.25) is 14.5 Å². The Hall–Kier alpha value is -3.93. The van der Waals surface area contributed by atoms with Crippen molar-refractivity contribution in [1.29, 1.82) is 0 Å². The summed E-state index contributed by atoms with van der Waals surface area (Å²) >= 11 is 0. The lowest BCUT2D eigenvalue weighted by molar-refractivity contribution is -0.122. The second-order valence-electron chi connectivity index (χ2n) is 12.1. The number of nitrogens with zero attached hydrogens (tertiary/aromatic N) is 1. The number of hydrogen-bond donors (Lipinski definition) is 4. The second-order valence-corrected chi connectivity index (χ2v) is 12.1. The Morgan fingerprint density at radius 3 is 2.59 bits per heavy atom. The standard InChI is InChI=1S/C34H37B2NO9/c1-2-21(15-26-12-13-27(19-38)45-26)11-14-30-31-22(20-44-25-9-4-3-5-10-25)16-28-32(29(31)18-35(41)46-30)34(40)37(33(28)39)24-8-6-7-23(17-24)36(42)43/h3-10,12-13,15,17,28-30,32,38,41-43H,2,11,14,16,18-20H2,1H3/b21-15+/t28-,29+,30-,32-/m1/s1. The molecule has 2 aromatic carbocycles. The largest absolute Gasteiger partial charge is 0.489 e. The third-order valence-corrected chi connectivity index (χ3v) is 9.26. The van der Waals surface area contributed by atoms with Crippen LogP contribution in [-0.2, 0) is 20.9 Å². The van der Waals surface area contributed by atoms with Gasteiger partial charge in [-0.15, -0.1) is 0 Å². The van der Waals surface area contributed by atoms with Crippen LogP contribution in [0.3, 0.4) is 0 Å². The Bertz CT molecular complexity index is 1640. The summed E-state index contributed by atoms with van der Waals surface area (Å²) in [5, 5.41) is 39.8. The number of anilines is 1. The first-order valence-corrected chi connectivity index (χ1v) is 15.7. The van der Waals surface area contributed by atoms with Gasteiger partial charge in [-0.1, -0.05) is 42.8 Å². The molecule has 1 aromatic heterocycles. The Kier molecular flexibility index (Phi) is 9.62. The highest BCUT2D eigenvalue weighted by molar-refractivity contribution is 6.58. The van der Waals surface area contributed by atoms with E-state index in [-0.39, 0.29) is 42.5 Å². The molecule has 6 rings (SSSR count). The smallest absolute Gasteiger partial charge is 0.488 e. The molecule has 0 saturated carbocycles. The predicted molar refractivity (Wildman–Crippen MR) is 173 cm³/mol. The van der Waals surface area contributed by atoms with Crippen molar-refractivity contribution >= 4 is 43.3 Å². The molecule has 10 nitrogen and oxygen atoms in total. The Labute approximate surface area is 268 Å². The van der Waals surface area contributed by atoms with E-state index < -0.39 is 38.1 Å². The van der Waals surface area contributed by atoms with Gasteiger partial charge in [0, 0.05) is 0 Å². The fourth-order valence-electron chi connectivity index (χ4n) is 7.09. The summed E-state index contributed by atoms with van der Waals surface area (Å²) in [6.07, 6.45) is 3.83. The highest BCUT2D eigenvalue weighted by Crippen LogP contribution is 2.51. The first kappa shape index (κ1) is 32.0. The summed E-state index contributed by atoms with van der Waals surface area (Å²) in [7, 11) is -2.87. The van der Waals surface area contributed by atoms with Crippen molar-refractivity contribution in [2.45, 2.75) is 51.6 Å². The molecule has 0 spiro atoms. The highest BCUT2D eigenvalue weighted by Gasteiger charge is 2.57. The molecular formula is C34H37B2NO9. The fraction of sp³-hybridized carbons (Fsp3) is 0.353. The summed E-state index contributed by atoms with van der Waals surface area (Å²) in [6, 6.07) is 19.1. The van der Waals surface area contributed by atoms with Crippen LogP contribution in [0.1, 0.15) is 44.1 Å². The Morgan fingerprint density at radius 1 is 1.07 bits per heavy atom. The fourth-order valence-corrected chi connectivity index (χ4v) is 7.09. The van der Waals surface area contributed by atoms with Crippen LogP contribution in [0.25, 0.3) is 6.08 Å². The molecule has 4 N–H and O–H groups in total. The van der Waals surface area contributed by atoms with Gasteiger partial charge in [0.05, 0.1) is 23.6 Å².